The van der Waals surface area contributed by atoms with E-state index >= 15 is 0 Å². The second-order valence-corrected chi connectivity index (χ2v) is 25.5. The number of nitriles is 1. The van der Waals surface area contributed by atoms with Crippen molar-refractivity contribution in [2.45, 2.75) is 0 Å². The molecule has 10 aromatic carbocycles. The monoisotopic (exact) mass is 939 g/mol. The highest BCUT2D eigenvalue weighted by Gasteiger charge is 2.43. The zero-order valence-corrected chi connectivity index (χ0v) is 40.7. The summed E-state index contributed by atoms with van der Waals surface area (Å²) in [4.78, 5) is 16.4. The molecule has 2 aromatic heterocycles. The Kier molecular flexibility index (Phi) is 11.2. The van der Waals surface area contributed by atoms with Crippen LogP contribution in [0.25, 0.3) is 50.5 Å². The molecule has 7 heteroatoms. The molecule has 2 heterocycles. The van der Waals surface area contributed by atoms with E-state index in [0.717, 1.165) is 32.9 Å². The Labute approximate surface area is 415 Å². The smallest absolute Gasteiger partial charge is 0.238 e. The maximum atomic E-state index is 10.0. The lowest BCUT2D eigenvalue weighted by Crippen LogP contribution is -2.74. The summed E-state index contributed by atoms with van der Waals surface area (Å²) in [5.74, 6) is 1.62. The second kappa shape index (κ2) is 18.4. The molecule has 0 fully saturated rings. The van der Waals surface area contributed by atoms with Gasteiger partial charge in [-0.2, -0.15) is 15.2 Å². The molecule has 0 saturated heterocycles. The van der Waals surface area contributed by atoms with Gasteiger partial charge in [-0.05, 0) is 65.8 Å². The third-order valence-corrected chi connectivity index (χ3v) is 23.5. The lowest BCUT2D eigenvalue weighted by atomic mass is 10.1. The molecule has 5 nitrogen and oxygen atoms in total. The van der Waals surface area contributed by atoms with Crippen molar-refractivity contribution in [1.29, 1.82) is 5.26 Å². The number of rotatable bonds is 11. The Morgan fingerprint density at radius 1 is 0.310 bits per heavy atom. The first-order valence-electron chi connectivity index (χ1n) is 23.9. The van der Waals surface area contributed by atoms with Gasteiger partial charge in [0.1, 0.15) is 0 Å². The van der Waals surface area contributed by atoms with Crippen LogP contribution in [0.5, 0.6) is 0 Å². The van der Waals surface area contributed by atoms with Crippen LogP contribution in [0, 0.1) is 11.3 Å². The van der Waals surface area contributed by atoms with Crippen molar-refractivity contribution in [2.75, 3.05) is 0 Å². The van der Waals surface area contributed by atoms with Crippen molar-refractivity contribution in [1.82, 2.24) is 19.5 Å². The molecule has 71 heavy (non-hydrogen) atoms. The molecule has 0 aliphatic heterocycles. The average Bonchev–Trinajstić information content (AvgIpc) is 3.79. The summed E-state index contributed by atoms with van der Waals surface area (Å²) in [6, 6.07) is 100. The number of nitrogens with zero attached hydrogens (tertiary/aromatic N) is 5. The van der Waals surface area contributed by atoms with E-state index in [0.29, 0.717) is 23.2 Å². The highest BCUT2D eigenvalue weighted by Crippen LogP contribution is 2.33. The molecule has 0 spiro atoms. The van der Waals surface area contributed by atoms with Crippen LogP contribution in [0.2, 0.25) is 0 Å². The molecular weight excluding hydrogens is 895 g/mol. The van der Waals surface area contributed by atoms with Crippen LogP contribution in [0.1, 0.15) is 5.56 Å². The van der Waals surface area contributed by atoms with Gasteiger partial charge in [-0.3, -0.25) is 4.57 Å². The third-order valence-electron chi connectivity index (χ3n) is 14.0. The van der Waals surface area contributed by atoms with Gasteiger partial charge in [0.05, 0.1) is 22.7 Å². The van der Waals surface area contributed by atoms with Gasteiger partial charge in [-0.25, -0.2) is 4.98 Å². The van der Waals surface area contributed by atoms with E-state index in [4.69, 9.17) is 15.0 Å². The van der Waals surface area contributed by atoms with Gasteiger partial charge in [0.25, 0.3) is 0 Å². The van der Waals surface area contributed by atoms with Gasteiger partial charge in [-0.1, -0.05) is 249 Å². The van der Waals surface area contributed by atoms with E-state index in [9.17, 15) is 5.26 Å². The number of benzene rings is 10. The number of aromatic nitrogens is 4. The Balaban J connectivity index is 1.13. The summed E-state index contributed by atoms with van der Waals surface area (Å²) in [5.41, 5.74) is 4.21. The fourth-order valence-corrected chi connectivity index (χ4v) is 20.5. The van der Waals surface area contributed by atoms with Crippen LogP contribution in [-0.4, -0.2) is 35.7 Å². The number of hydrogen-bond acceptors (Lipinski definition) is 4. The third kappa shape index (κ3) is 7.42. The largest absolute Gasteiger partial charge is 0.278 e. The minimum Gasteiger partial charge on any atom is -0.278 e. The molecule has 0 amide bonds. The molecular formula is C64H45N5Si2. The van der Waals surface area contributed by atoms with Crippen molar-refractivity contribution in [3.63, 3.8) is 0 Å². The Hall–Kier alpha value is -9.07. The van der Waals surface area contributed by atoms with Crippen LogP contribution in [0.3, 0.4) is 0 Å². The summed E-state index contributed by atoms with van der Waals surface area (Å²) in [6.07, 6.45) is 0. The van der Waals surface area contributed by atoms with Crippen LogP contribution in [0.4, 0.5) is 0 Å². The van der Waals surface area contributed by atoms with Gasteiger partial charge in [0.15, 0.2) is 27.8 Å². The number of hydrogen-bond donors (Lipinski definition) is 0. The van der Waals surface area contributed by atoms with Crippen molar-refractivity contribution >= 4 is 79.4 Å². The van der Waals surface area contributed by atoms with Gasteiger partial charge < -0.3 is 0 Å². The van der Waals surface area contributed by atoms with Crippen LogP contribution >= 0.6 is 0 Å². The number of fused-ring (bicyclic) bond motifs is 3. The Bertz CT molecular complexity index is 3500. The summed E-state index contributed by atoms with van der Waals surface area (Å²) in [6.45, 7) is 0. The molecule has 12 aromatic rings. The van der Waals surface area contributed by atoms with E-state index in [2.05, 4.69) is 253 Å². The van der Waals surface area contributed by atoms with E-state index in [1.165, 1.54) is 41.5 Å². The standard InChI is InChI=1S/C64H45N5Si2/c65-46-47-41-42-61-59(43-47)58-39-19-20-40-60(58)69(61)64-67-62(48-23-21-37-56(44-48)70(50-25-7-1-8-26-50,51-27-9-2-10-28-51)52-29-11-3-12-30-52)66-63(68-64)49-24-22-38-57(45-49)71(53-31-13-4-14-32-53,54-33-15-5-16-34-54)55-35-17-6-18-36-55/h1-45H. The highest BCUT2D eigenvalue weighted by molar-refractivity contribution is 7.20. The first kappa shape index (κ1) is 43.2. The van der Waals surface area contributed by atoms with Crippen LogP contribution in [0.15, 0.2) is 273 Å². The summed E-state index contributed by atoms with van der Waals surface area (Å²) in [5, 5.41) is 22.2. The molecule has 0 unspecified atom stereocenters. The Morgan fingerprint density at radius 2 is 0.662 bits per heavy atom. The molecule has 0 N–H and O–H groups in total. The van der Waals surface area contributed by atoms with Crippen molar-refractivity contribution in [2.24, 2.45) is 0 Å². The fraction of sp³-hybridized carbons (Fsp3) is 0. The zero-order chi connectivity index (χ0) is 47.6. The molecule has 0 aliphatic rings. The first-order valence-corrected chi connectivity index (χ1v) is 27.9. The molecule has 0 radical (unpaired) electrons. The number of para-hydroxylation sites is 1. The molecule has 0 aliphatic carbocycles. The summed E-state index contributed by atoms with van der Waals surface area (Å²) >= 11 is 0. The minimum atomic E-state index is -2.91. The van der Waals surface area contributed by atoms with E-state index in [-0.39, 0.29) is 0 Å². The van der Waals surface area contributed by atoms with E-state index in [1.54, 1.807) is 0 Å². The summed E-state index contributed by atoms with van der Waals surface area (Å²) in [7, 11) is -5.83. The van der Waals surface area contributed by atoms with E-state index < -0.39 is 16.1 Å². The topological polar surface area (TPSA) is 67.4 Å². The Morgan fingerprint density at radius 3 is 1.06 bits per heavy atom. The van der Waals surface area contributed by atoms with Crippen LogP contribution < -0.4 is 41.5 Å². The van der Waals surface area contributed by atoms with Gasteiger partial charge in [-0.15, -0.1) is 0 Å². The van der Waals surface area contributed by atoms with Crippen molar-refractivity contribution < 1.29 is 0 Å². The lowest BCUT2D eigenvalue weighted by molar-refractivity contribution is 0.953. The average molecular weight is 940 g/mol. The molecule has 0 saturated carbocycles. The van der Waals surface area contributed by atoms with Gasteiger partial charge >= 0.3 is 0 Å². The zero-order valence-electron chi connectivity index (χ0n) is 38.7. The summed E-state index contributed by atoms with van der Waals surface area (Å²) < 4.78 is 2.13. The SMILES string of the molecule is N#Cc1ccc2c(c1)c1ccccc1n2-c1nc(-c2cccc([Si](c3ccccc3)(c3ccccc3)c3ccccc3)c2)nc(-c2cccc([Si](c3ccccc3)(c3ccccc3)c3ccccc3)c2)n1. The lowest BCUT2D eigenvalue weighted by Gasteiger charge is -2.34. The maximum absolute atomic E-state index is 10.0. The van der Waals surface area contributed by atoms with Gasteiger partial charge in [0, 0.05) is 21.9 Å². The predicted octanol–water partition coefficient (Wildman–Crippen LogP) is 8.93. The van der Waals surface area contributed by atoms with Crippen molar-refractivity contribution in [3.8, 4) is 34.8 Å². The predicted molar refractivity (Wildman–Crippen MR) is 297 cm³/mol. The van der Waals surface area contributed by atoms with Crippen LogP contribution in [-0.2, 0) is 0 Å². The van der Waals surface area contributed by atoms with Crippen molar-refractivity contribution in [3.05, 3.63) is 279 Å². The normalized spacial score (nSPS) is 11.6. The maximum Gasteiger partial charge on any atom is 0.238 e. The van der Waals surface area contributed by atoms with E-state index in [1.807, 2.05) is 30.3 Å². The molecule has 0 bridgehead atoms. The highest BCUT2D eigenvalue weighted by atomic mass is 28.3. The fourth-order valence-electron chi connectivity index (χ4n) is 10.9. The first-order chi connectivity index (χ1) is 35.2. The molecule has 334 valence electrons. The second-order valence-electron chi connectivity index (χ2n) is 17.8. The van der Waals surface area contributed by atoms with Gasteiger partial charge in [0.2, 0.25) is 5.95 Å². The quantitative estimate of drug-likeness (QED) is 0.0961. The minimum absolute atomic E-state index is 0.493. The molecule has 12 rings (SSSR count). The molecule has 0 atom stereocenters.